The molecular formula is C36H39FN6O4. The topological polar surface area (TPSA) is 104 Å². The van der Waals surface area contributed by atoms with Crippen LogP contribution in [0.3, 0.4) is 0 Å². The summed E-state index contributed by atoms with van der Waals surface area (Å²) in [7, 11) is 0. The summed E-state index contributed by atoms with van der Waals surface area (Å²) in [5.41, 5.74) is 4.36. The summed E-state index contributed by atoms with van der Waals surface area (Å²) < 4.78 is 33.1. The molecule has 0 bridgehead atoms. The molecule has 2 saturated heterocycles. The lowest BCUT2D eigenvalue weighted by Crippen LogP contribution is -2.37. The number of nitrogens with zero attached hydrogens (tertiary/aromatic N) is 6. The van der Waals surface area contributed by atoms with Gasteiger partial charge in [-0.15, -0.1) is 0 Å². The van der Waals surface area contributed by atoms with E-state index in [9.17, 15) is 9.18 Å². The summed E-state index contributed by atoms with van der Waals surface area (Å²) in [6.45, 7) is 9.32. The van der Waals surface area contributed by atoms with E-state index in [0.717, 1.165) is 72.5 Å². The van der Waals surface area contributed by atoms with Gasteiger partial charge in [0.25, 0.3) is 0 Å². The number of rotatable bonds is 10. The molecule has 0 spiro atoms. The van der Waals surface area contributed by atoms with E-state index in [0.29, 0.717) is 30.6 Å². The number of hydrogen-bond donors (Lipinski definition) is 0. The molecule has 7 rings (SSSR count). The Morgan fingerprint density at radius 2 is 1.83 bits per heavy atom. The Bertz CT molecular complexity index is 1900. The molecule has 0 radical (unpaired) electrons. The SMILES string of the molecule is CC(C)OC(=O)c1ccc2nc([C@H](C)N3CCC(c4cccc(OCc5cccc6cc(F)cnc56)n4)CC3)n(C[C@@H]3CCO3)c2n1. The van der Waals surface area contributed by atoms with Gasteiger partial charge in [-0.3, -0.25) is 9.88 Å². The van der Waals surface area contributed by atoms with Crippen LogP contribution in [0, 0.1) is 5.82 Å². The Kier molecular flexibility index (Phi) is 8.83. The molecule has 47 heavy (non-hydrogen) atoms. The number of piperidine rings is 1. The fourth-order valence-electron chi connectivity index (χ4n) is 6.49. The fourth-order valence-corrected chi connectivity index (χ4v) is 6.49. The molecule has 1 aromatic carbocycles. The van der Waals surface area contributed by atoms with Crippen LogP contribution >= 0.6 is 0 Å². The Hall–Kier alpha value is -4.48. The number of hydrogen-bond acceptors (Lipinski definition) is 9. The summed E-state index contributed by atoms with van der Waals surface area (Å²) in [4.78, 5) is 34.0. The maximum atomic E-state index is 13.7. The average Bonchev–Trinajstić information content (AvgIpc) is 3.42. The molecule has 2 fully saturated rings. The van der Waals surface area contributed by atoms with Gasteiger partial charge in [-0.25, -0.2) is 24.1 Å². The van der Waals surface area contributed by atoms with Crippen LogP contribution < -0.4 is 4.74 Å². The minimum atomic E-state index is -0.434. The number of likely N-dealkylation sites (tertiary alicyclic amines) is 1. The van der Waals surface area contributed by atoms with Crippen LogP contribution in [0.5, 0.6) is 5.88 Å². The van der Waals surface area contributed by atoms with Crippen LogP contribution in [0.1, 0.15) is 79.6 Å². The lowest BCUT2D eigenvalue weighted by atomic mass is 9.92. The van der Waals surface area contributed by atoms with E-state index in [1.54, 1.807) is 6.07 Å². The van der Waals surface area contributed by atoms with Crippen molar-refractivity contribution >= 4 is 28.0 Å². The Labute approximate surface area is 272 Å². The highest BCUT2D eigenvalue weighted by molar-refractivity contribution is 5.90. The third-order valence-electron chi connectivity index (χ3n) is 9.10. The van der Waals surface area contributed by atoms with Gasteiger partial charge < -0.3 is 18.8 Å². The third kappa shape index (κ3) is 6.68. The first-order valence-electron chi connectivity index (χ1n) is 16.4. The van der Waals surface area contributed by atoms with E-state index in [4.69, 9.17) is 29.2 Å². The van der Waals surface area contributed by atoms with Gasteiger partial charge >= 0.3 is 5.97 Å². The Balaban J connectivity index is 1.04. The number of benzene rings is 1. The van der Waals surface area contributed by atoms with Crippen molar-refractivity contribution in [2.75, 3.05) is 19.7 Å². The number of ether oxygens (including phenoxy) is 3. The minimum absolute atomic E-state index is 0.0432. The lowest BCUT2D eigenvalue weighted by Gasteiger charge is -2.36. The highest BCUT2D eigenvalue weighted by atomic mass is 19.1. The van der Waals surface area contributed by atoms with Gasteiger partial charge in [0.05, 0.1) is 36.5 Å². The predicted octanol–water partition coefficient (Wildman–Crippen LogP) is 6.39. The molecule has 244 valence electrons. The van der Waals surface area contributed by atoms with Crippen LogP contribution in [0.15, 0.2) is 60.8 Å². The van der Waals surface area contributed by atoms with Crippen molar-refractivity contribution < 1.29 is 23.4 Å². The fraction of sp³-hybridized carbons (Fsp3) is 0.417. The third-order valence-corrected chi connectivity index (χ3v) is 9.10. The van der Waals surface area contributed by atoms with Gasteiger partial charge in [0, 0.05) is 35.2 Å². The molecule has 5 aromatic rings. The molecule has 2 aliphatic heterocycles. The normalized spacial score (nSPS) is 18.0. The van der Waals surface area contributed by atoms with Crippen LogP contribution in [0.2, 0.25) is 0 Å². The highest BCUT2D eigenvalue weighted by Crippen LogP contribution is 2.33. The lowest BCUT2D eigenvalue weighted by molar-refractivity contribution is -0.0595. The van der Waals surface area contributed by atoms with Crippen molar-refractivity contribution in [2.24, 2.45) is 0 Å². The maximum absolute atomic E-state index is 13.7. The maximum Gasteiger partial charge on any atom is 0.357 e. The van der Waals surface area contributed by atoms with E-state index >= 15 is 0 Å². The summed E-state index contributed by atoms with van der Waals surface area (Å²) in [6.07, 6.45) is 4.01. The van der Waals surface area contributed by atoms with E-state index in [1.165, 1.54) is 12.3 Å². The van der Waals surface area contributed by atoms with Crippen molar-refractivity contribution in [1.29, 1.82) is 0 Å². The number of pyridine rings is 3. The standard InChI is InChI=1S/C36H39FN6O4/c1-22(2)47-36(44)31-11-10-30-35(41-31)43(20-28-14-17-45-28)34(40-30)23(3)42-15-12-24(13-16-42)29-8-5-9-32(39-29)46-21-26-7-4-6-25-18-27(37)19-38-33(25)26/h4-11,18-19,22-24,28H,12-17,20-21H2,1-3H3/t23-,28-/m0/s1. The zero-order chi connectivity index (χ0) is 32.5. The van der Waals surface area contributed by atoms with Crippen LogP contribution in [-0.2, 0) is 22.6 Å². The van der Waals surface area contributed by atoms with Crippen molar-refractivity contribution in [3.8, 4) is 5.88 Å². The van der Waals surface area contributed by atoms with Gasteiger partial charge in [0.15, 0.2) is 11.3 Å². The number of aromatic nitrogens is 5. The quantitative estimate of drug-likeness (QED) is 0.161. The van der Waals surface area contributed by atoms with Gasteiger partial charge in [0.1, 0.15) is 23.8 Å². The van der Waals surface area contributed by atoms with Gasteiger partial charge in [-0.05, 0) is 77.4 Å². The van der Waals surface area contributed by atoms with Crippen molar-refractivity contribution in [2.45, 2.75) is 77.4 Å². The first-order valence-corrected chi connectivity index (χ1v) is 16.4. The molecular weight excluding hydrogens is 599 g/mol. The van der Waals surface area contributed by atoms with E-state index in [2.05, 4.69) is 27.4 Å². The van der Waals surface area contributed by atoms with E-state index < -0.39 is 5.97 Å². The van der Waals surface area contributed by atoms with E-state index in [-0.39, 0.29) is 29.8 Å². The number of carbonyl (C=O) groups excluding carboxylic acids is 1. The first kappa shape index (κ1) is 31.1. The average molecular weight is 639 g/mol. The highest BCUT2D eigenvalue weighted by Gasteiger charge is 2.30. The van der Waals surface area contributed by atoms with E-state index in [1.807, 2.05) is 50.2 Å². The zero-order valence-electron chi connectivity index (χ0n) is 26.9. The molecule has 11 heteroatoms. The minimum Gasteiger partial charge on any atom is -0.473 e. The Morgan fingerprint density at radius 3 is 2.60 bits per heavy atom. The zero-order valence-corrected chi connectivity index (χ0v) is 26.9. The molecule has 0 unspecified atom stereocenters. The number of carbonyl (C=O) groups is 1. The Morgan fingerprint density at radius 1 is 1.02 bits per heavy atom. The molecule has 10 nitrogen and oxygen atoms in total. The first-order chi connectivity index (χ1) is 22.8. The molecule has 0 aliphatic carbocycles. The van der Waals surface area contributed by atoms with Crippen LogP contribution in [0.25, 0.3) is 22.1 Å². The molecule has 2 atom stereocenters. The smallest absolute Gasteiger partial charge is 0.357 e. The summed E-state index contributed by atoms with van der Waals surface area (Å²) in [6, 6.07) is 16.7. The van der Waals surface area contributed by atoms with Gasteiger partial charge in [0.2, 0.25) is 5.88 Å². The summed E-state index contributed by atoms with van der Waals surface area (Å²) in [5, 5.41) is 0.744. The summed E-state index contributed by atoms with van der Waals surface area (Å²) >= 11 is 0. The molecule has 6 heterocycles. The number of imidazole rings is 1. The monoisotopic (exact) mass is 638 g/mol. The predicted molar refractivity (Wildman–Crippen MR) is 175 cm³/mol. The van der Waals surface area contributed by atoms with Gasteiger partial charge in [-0.2, -0.15) is 0 Å². The molecule has 2 aliphatic rings. The van der Waals surface area contributed by atoms with Crippen LogP contribution in [0.4, 0.5) is 4.39 Å². The molecule has 0 saturated carbocycles. The number of para-hydroxylation sites is 1. The molecule has 0 amide bonds. The second-order valence-electron chi connectivity index (χ2n) is 12.7. The number of esters is 1. The van der Waals surface area contributed by atoms with Gasteiger partial charge in [-0.1, -0.05) is 24.3 Å². The number of halogens is 1. The summed E-state index contributed by atoms with van der Waals surface area (Å²) in [5.74, 6) is 1.01. The van der Waals surface area contributed by atoms with Crippen LogP contribution in [-0.4, -0.2) is 67.3 Å². The molecule has 0 N–H and O–H groups in total. The second kappa shape index (κ2) is 13.3. The van der Waals surface area contributed by atoms with Crippen molar-refractivity contribution in [3.63, 3.8) is 0 Å². The number of fused-ring (bicyclic) bond motifs is 2. The second-order valence-corrected chi connectivity index (χ2v) is 12.7. The van der Waals surface area contributed by atoms with Crippen molar-refractivity contribution in [3.05, 3.63) is 89.4 Å². The van der Waals surface area contributed by atoms with Crippen molar-refractivity contribution in [1.82, 2.24) is 29.4 Å². The largest absolute Gasteiger partial charge is 0.473 e. The molecule has 4 aromatic heterocycles.